The minimum Gasteiger partial charge on any atom is -0.507 e. The van der Waals surface area contributed by atoms with Crippen molar-refractivity contribution in [3.63, 3.8) is 0 Å². The van der Waals surface area contributed by atoms with Crippen LogP contribution in [-0.4, -0.2) is 15.2 Å². The first-order valence-corrected chi connectivity index (χ1v) is 26.0. The van der Waals surface area contributed by atoms with Gasteiger partial charge in [-0.3, -0.25) is 0 Å². The van der Waals surface area contributed by atoms with Crippen molar-refractivity contribution < 1.29 is 10.2 Å². The van der Waals surface area contributed by atoms with Crippen LogP contribution in [0.3, 0.4) is 0 Å². The summed E-state index contributed by atoms with van der Waals surface area (Å²) in [6.07, 6.45) is 18.4. The summed E-state index contributed by atoms with van der Waals surface area (Å²) in [5.74, 6) is 12.7. The Hall–Kier alpha value is -4.81. The zero-order valence-electron chi connectivity index (χ0n) is 41.0. The summed E-state index contributed by atoms with van der Waals surface area (Å²) >= 11 is 0. The van der Waals surface area contributed by atoms with Gasteiger partial charge in [0.05, 0.1) is 11.4 Å². The monoisotopic (exact) mass is 876 g/mol. The molecule has 0 aliphatic heterocycles. The van der Waals surface area contributed by atoms with E-state index in [2.05, 4.69) is 145 Å². The largest absolute Gasteiger partial charge is 0.507 e. The molecular formula is C63H73NO2. The highest BCUT2D eigenvalue weighted by Gasteiger charge is 2.54. The summed E-state index contributed by atoms with van der Waals surface area (Å²) in [4.78, 5) is 5.62. The number of phenols is 2. The van der Waals surface area contributed by atoms with Gasteiger partial charge in [0.25, 0.3) is 0 Å². The fourth-order valence-corrected chi connectivity index (χ4v) is 15.4. The van der Waals surface area contributed by atoms with E-state index in [4.69, 9.17) is 4.98 Å². The molecule has 8 aliphatic carbocycles. The molecule has 8 fully saturated rings. The summed E-state index contributed by atoms with van der Waals surface area (Å²) in [6, 6.07) is 30.9. The van der Waals surface area contributed by atoms with Crippen molar-refractivity contribution in [2.75, 3.05) is 0 Å². The van der Waals surface area contributed by atoms with Crippen LogP contribution in [0.1, 0.15) is 173 Å². The molecule has 0 saturated heterocycles. The summed E-state index contributed by atoms with van der Waals surface area (Å²) < 4.78 is 0. The van der Waals surface area contributed by atoms with Crippen LogP contribution in [0.15, 0.2) is 84.9 Å². The van der Waals surface area contributed by atoms with Gasteiger partial charge in [0.15, 0.2) is 0 Å². The second kappa shape index (κ2) is 16.2. The van der Waals surface area contributed by atoms with Crippen molar-refractivity contribution in [3.8, 4) is 68.1 Å². The number of aromatic nitrogens is 1. The van der Waals surface area contributed by atoms with E-state index in [0.29, 0.717) is 11.5 Å². The number of aromatic hydroxyl groups is 2. The number of phenolic OH excluding ortho intramolecular Hbond substituents is 2. The Bertz CT molecular complexity index is 2520. The molecule has 0 atom stereocenters. The minimum absolute atomic E-state index is 0.0400. The maximum atomic E-state index is 12.8. The van der Waals surface area contributed by atoms with Crippen LogP contribution in [0, 0.1) is 47.3 Å². The average molecular weight is 876 g/mol. The number of hydrogen-bond acceptors (Lipinski definition) is 3. The quantitative estimate of drug-likeness (QED) is 0.121. The summed E-state index contributed by atoms with van der Waals surface area (Å²) in [7, 11) is 0. The maximum absolute atomic E-state index is 12.8. The maximum Gasteiger partial charge on any atom is 0.127 e. The van der Waals surface area contributed by atoms with Crippen molar-refractivity contribution in [1.82, 2.24) is 4.98 Å². The molecule has 8 saturated carbocycles. The van der Waals surface area contributed by atoms with Crippen molar-refractivity contribution in [3.05, 3.63) is 113 Å². The third-order valence-electron chi connectivity index (χ3n) is 17.9. The van der Waals surface area contributed by atoms with Crippen LogP contribution in [0.4, 0.5) is 0 Å². The topological polar surface area (TPSA) is 53.4 Å². The highest BCUT2D eigenvalue weighted by molar-refractivity contribution is 5.90. The lowest BCUT2D eigenvalue weighted by molar-refractivity contribution is -0.00631. The van der Waals surface area contributed by atoms with E-state index < -0.39 is 0 Å². The highest BCUT2D eigenvalue weighted by Crippen LogP contribution is 2.64. The van der Waals surface area contributed by atoms with Crippen LogP contribution < -0.4 is 0 Å². The molecule has 0 radical (unpaired) electrons. The predicted octanol–water partition coefficient (Wildman–Crippen LogP) is 16.2. The van der Waals surface area contributed by atoms with Crippen LogP contribution >= 0.6 is 0 Å². The normalized spacial score (nSPS) is 28.4. The molecule has 0 unspecified atom stereocenters. The van der Waals surface area contributed by atoms with Gasteiger partial charge in [0.1, 0.15) is 11.5 Å². The third kappa shape index (κ3) is 7.71. The van der Waals surface area contributed by atoms with E-state index in [1.54, 1.807) is 0 Å². The molecule has 0 spiro atoms. The molecule has 3 heteroatoms. The summed E-state index contributed by atoms with van der Waals surface area (Å²) in [6.45, 7) is 16.1. The molecule has 66 heavy (non-hydrogen) atoms. The van der Waals surface area contributed by atoms with E-state index >= 15 is 0 Å². The van der Waals surface area contributed by atoms with Gasteiger partial charge >= 0.3 is 0 Å². The Labute approximate surface area is 396 Å². The first-order chi connectivity index (χ1) is 31.6. The second-order valence-electron chi connectivity index (χ2n) is 24.9. The highest BCUT2D eigenvalue weighted by atomic mass is 16.3. The predicted molar refractivity (Wildman–Crippen MR) is 273 cm³/mol. The molecule has 3 nitrogen and oxygen atoms in total. The van der Waals surface area contributed by atoms with Crippen LogP contribution in [-0.2, 0) is 21.7 Å². The van der Waals surface area contributed by atoms with E-state index in [1.807, 2.05) is 0 Å². The van der Waals surface area contributed by atoms with E-state index in [0.717, 1.165) is 105 Å². The van der Waals surface area contributed by atoms with Gasteiger partial charge in [-0.05, 0) is 187 Å². The van der Waals surface area contributed by atoms with Gasteiger partial charge in [-0.25, -0.2) is 4.98 Å². The number of pyridine rings is 1. The van der Waals surface area contributed by atoms with E-state index in [9.17, 15) is 10.2 Å². The summed E-state index contributed by atoms with van der Waals surface area (Å²) in [5, 5.41) is 25.6. The number of rotatable bonds is 8. The Morgan fingerprint density at radius 3 is 1.23 bits per heavy atom. The van der Waals surface area contributed by atoms with Gasteiger partial charge in [0, 0.05) is 45.4 Å². The molecule has 2 N–H and O–H groups in total. The van der Waals surface area contributed by atoms with Crippen molar-refractivity contribution in [2.45, 2.75) is 166 Å². The van der Waals surface area contributed by atoms with Gasteiger partial charge in [-0.15, -0.1) is 0 Å². The minimum atomic E-state index is -0.0943. The SMILES string of the molecule is CCCCC#Cc1cc(-c2ccccc2-c2cc(C(C)(C)C)cc(C34CC5CC(CC(C5)C3)C4)c2O)nc(-c2ccccc2-c2cc(C(C)(C)C)cc(C34CC5CC(CC(C5)C3)C4)c2O)c1. The fourth-order valence-electron chi connectivity index (χ4n) is 15.4. The standard InChI is InChI=1S/C63H73NO2/c1-8-9-10-11-16-39-27-56(50-19-14-12-17-48(50)52-29-46(60(2,3)4)31-54(58(52)65)62-33-40-21-41(34-62)23-42(22-40)35-62)64-57(28-39)51-20-15-13-18-49(51)53-30-47(61(5,6)7)32-55(59(53)66)63-36-43-24-44(37-63)26-45(25-43)38-63/h12-15,17-20,27-32,40-45,65-66H,8-10,21-26,33-38H2,1-7H3. The lowest BCUT2D eigenvalue weighted by atomic mass is 9.47. The average Bonchev–Trinajstić information content (AvgIpc) is 3.26. The third-order valence-corrected chi connectivity index (χ3v) is 17.9. The molecule has 1 heterocycles. The van der Waals surface area contributed by atoms with Gasteiger partial charge in [0.2, 0.25) is 0 Å². The van der Waals surface area contributed by atoms with Crippen molar-refractivity contribution in [1.29, 1.82) is 0 Å². The van der Waals surface area contributed by atoms with Crippen LogP contribution in [0.2, 0.25) is 0 Å². The first-order valence-electron chi connectivity index (χ1n) is 26.0. The van der Waals surface area contributed by atoms with Crippen LogP contribution in [0.25, 0.3) is 44.8 Å². The molecule has 4 aromatic carbocycles. The lowest BCUT2D eigenvalue weighted by Crippen LogP contribution is -2.48. The number of unbranched alkanes of at least 4 members (excludes halogenated alkanes) is 2. The lowest BCUT2D eigenvalue weighted by Gasteiger charge is -2.57. The van der Waals surface area contributed by atoms with Crippen molar-refractivity contribution in [2.24, 2.45) is 35.5 Å². The summed E-state index contributed by atoms with van der Waals surface area (Å²) in [5.41, 5.74) is 13.2. The molecular weight excluding hydrogens is 803 g/mol. The Balaban J connectivity index is 1.08. The number of hydrogen-bond donors (Lipinski definition) is 2. The van der Waals surface area contributed by atoms with E-state index in [-0.39, 0.29) is 21.7 Å². The Morgan fingerprint density at radius 1 is 0.515 bits per heavy atom. The van der Waals surface area contributed by atoms with Gasteiger partial charge < -0.3 is 10.2 Å². The number of nitrogens with zero attached hydrogens (tertiary/aromatic N) is 1. The molecule has 0 amide bonds. The number of benzene rings is 4. The molecule has 5 aromatic rings. The Kier molecular flexibility index (Phi) is 10.7. The van der Waals surface area contributed by atoms with Crippen molar-refractivity contribution >= 4 is 0 Å². The molecule has 8 bridgehead atoms. The Morgan fingerprint density at radius 2 is 0.879 bits per heavy atom. The molecule has 1 aromatic heterocycles. The van der Waals surface area contributed by atoms with Gasteiger partial charge in [-0.1, -0.05) is 127 Å². The molecule has 13 rings (SSSR count). The fraction of sp³-hybridized carbons (Fsp3) is 0.508. The van der Waals surface area contributed by atoms with Crippen LogP contribution in [0.5, 0.6) is 11.5 Å². The molecule has 8 aliphatic rings. The zero-order chi connectivity index (χ0) is 45.8. The first kappa shape index (κ1) is 43.7. The smallest absolute Gasteiger partial charge is 0.127 e. The zero-order valence-corrected chi connectivity index (χ0v) is 41.0. The van der Waals surface area contributed by atoms with E-state index in [1.165, 1.54) is 99.3 Å². The van der Waals surface area contributed by atoms with Gasteiger partial charge in [-0.2, -0.15) is 0 Å². The second-order valence-corrected chi connectivity index (χ2v) is 24.9. The molecule has 342 valence electrons.